The van der Waals surface area contributed by atoms with Crippen LogP contribution in [-0.2, 0) is 17.5 Å². The van der Waals surface area contributed by atoms with Crippen molar-refractivity contribution in [3.63, 3.8) is 0 Å². The van der Waals surface area contributed by atoms with Crippen LogP contribution in [0.2, 0.25) is 0 Å². The summed E-state index contributed by atoms with van der Waals surface area (Å²) in [5.41, 5.74) is 0.181. The van der Waals surface area contributed by atoms with Crippen molar-refractivity contribution in [2.45, 2.75) is 44.4 Å². The fourth-order valence-electron chi connectivity index (χ4n) is 2.30. The fourth-order valence-corrected chi connectivity index (χ4v) is 2.30. The van der Waals surface area contributed by atoms with Gasteiger partial charge >= 0.3 is 12.1 Å². The van der Waals surface area contributed by atoms with E-state index in [4.69, 9.17) is 5.11 Å². The van der Waals surface area contributed by atoms with Gasteiger partial charge in [-0.25, -0.2) is 0 Å². The summed E-state index contributed by atoms with van der Waals surface area (Å²) in [6.07, 6.45) is -1.47. The predicted octanol–water partition coefficient (Wildman–Crippen LogP) is 3.53. The largest absolute Gasteiger partial charge is 0.481 e. The van der Waals surface area contributed by atoms with E-state index < -0.39 is 17.7 Å². The summed E-state index contributed by atoms with van der Waals surface area (Å²) in [4.78, 5) is 12.7. The molecule has 2 rings (SSSR count). The van der Waals surface area contributed by atoms with Gasteiger partial charge < -0.3 is 5.11 Å². The van der Waals surface area contributed by atoms with Crippen LogP contribution in [0.5, 0.6) is 0 Å². The molecule has 0 aromatic heterocycles. The number of benzene rings is 1. The number of carbonyl (C=O) groups is 1. The highest BCUT2D eigenvalue weighted by atomic mass is 19.4. The summed E-state index contributed by atoms with van der Waals surface area (Å²) in [5.74, 6) is -0.819. The average Bonchev–Trinajstić information content (AvgIpc) is 3.21. The molecule has 0 unspecified atom stereocenters. The highest BCUT2D eigenvalue weighted by Crippen LogP contribution is 2.31. The Kier molecular flexibility index (Phi) is 4.88. The number of halogens is 3. The van der Waals surface area contributed by atoms with Gasteiger partial charge in [-0.1, -0.05) is 12.1 Å². The van der Waals surface area contributed by atoms with Gasteiger partial charge in [-0.05, 0) is 43.5 Å². The summed E-state index contributed by atoms with van der Waals surface area (Å²) in [7, 11) is 0. The van der Waals surface area contributed by atoms with Crippen molar-refractivity contribution >= 4 is 5.97 Å². The van der Waals surface area contributed by atoms with Crippen LogP contribution in [0.15, 0.2) is 24.3 Å². The Bertz CT molecular complexity index is 481. The first-order valence-electron chi connectivity index (χ1n) is 6.98. The van der Waals surface area contributed by atoms with Gasteiger partial charge in [0, 0.05) is 19.0 Å². The van der Waals surface area contributed by atoms with Crippen LogP contribution in [0.4, 0.5) is 13.2 Å². The van der Waals surface area contributed by atoms with Gasteiger partial charge in [0.15, 0.2) is 0 Å². The number of aliphatic carboxylic acids is 1. The Morgan fingerprint density at radius 3 is 2.33 bits per heavy atom. The van der Waals surface area contributed by atoms with E-state index in [2.05, 4.69) is 4.90 Å². The monoisotopic (exact) mass is 301 g/mol. The molecule has 0 amide bonds. The van der Waals surface area contributed by atoms with Crippen LogP contribution >= 0.6 is 0 Å². The third-order valence-electron chi connectivity index (χ3n) is 3.57. The zero-order valence-corrected chi connectivity index (χ0v) is 11.6. The molecule has 1 aromatic rings. The van der Waals surface area contributed by atoms with Crippen LogP contribution in [0.25, 0.3) is 0 Å². The molecule has 1 N–H and O–H groups in total. The van der Waals surface area contributed by atoms with Gasteiger partial charge in [0.2, 0.25) is 0 Å². The molecule has 1 fully saturated rings. The molecule has 0 heterocycles. The molecule has 1 saturated carbocycles. The molecule has 6 heteroatoms. The first-order valence-corrected chi connectivity index (χ1v) is 6.98. The van der Waals surface area contributed by atoms with Crippen LogP contribution in [0.1, 0.15) is 36.8 Å². The van der Waals surface area contributed by atoms with Gasteiger partial charge in [0.25, 0.3) is 0 Å². The summed E-state index contributed by atoms with van der Waals surface area (Å²) in [6.45, 7) is 1.24. The minimum absolute atomic E-state index is 0.121. The molecule has 0 radical (unpaired) electrons. The zero-order valence-electron chi connectivity index (χ0n) is 11.6. The van der Waals surface area contributed by atoms with Crippen LogP contribution in [-0.4, -0.2) is 28.6 Å². The third kappa shape index (κ3) is 5.04. The maximum absolute atomic E-state index is 12.5. The lowest BCUT2D eigenvalue weighted by Gasteiger charge is -2.22. The maximum Gasteiger partial charge on any atom is 0.416 e. The topological polar surface area (TPSA) is 40.5 Å². The zero-order chi connectivity index (χ0) is 15.5. The standard InChI is InChI=1S/C15H18F3NO2/c16-15(17,18)12-5-3-11(4-6-12)10-19(13-7-8-13)9-1-2-14(20)21/h3-6,13H,1-2,7-10H2,(H,20,21). The molecule has 116 valence electrons. The second-order valence-electron chi connectivity index (χ2n) is 5.39. The van der Waals surface area contributed by atoms with E-state index in [0.29, 0.717) is 25.6 Å². The number of rotatable bonds is 7. The molecule has 21 heavy (non-hydrogen) atoms. The van der Waals surface area contributed by atoms with Crippen molar-refractivity contribution < 1.29 is 23.1 Å². The molecule has 0 atom stereocenters. The molecular weight excluding hydrogens is 283 g/mol. The Morgan fingerprint density at radius 2 is 1.86 bits per heavy atom. The van der Waals surface area contributed by atoms with Crippen molar-refractivity contribution in [3.05, 3.63) is 35.4 Å². The highest BCUT2D eigenvalue weighted by Gasteiger charge is 2.31. The minimum atomic E-state index is -4.31. The Balaban J connectivity index is 1.92. The van der Waals surface area contributed by atoms with E-state index >= 15 is 0 Å². The van der Waals surface area contributed by atoms with Gasteiger partial charge in [0.1, 0.15) is 0 Å². The van der Waals surface area contributed by atoms with E-state index in [9.17, 15) is 18.0 Å². The first kappa shape index (κ1) is 15.8. The molecule has 1 aliphatic rings. The molecule has 1 aliphatic carbocycles. The van der Waals surface area contributed by atoms with Crippen molar-refractivity contribution in [2.24, 2.45) is 0 Å². The lowest BCUT2D eigenvalue weighted by Crippen LogP contribution is -2.27. The Labute approximate surface area is 121 Å². The van der Waals surface area contributed by atoms with Crippen LogP contribution in [0, 0.1) is 0 Å². The van der Waals surface area contributed by atoms with Crippen LogP contribution in [0.3, 0.4) is 0 Å². The maximum atomic E-state index is 12.5. The fraction of sp³-hybridized carbons (Fsp3) is 0.533. The Morgan fingerprint density at radius 1 is 1.24 bits per heavy atom. The predicted molar refractivity (Wildman–Crippen MR) is 71.7 cm³/mol. The normalized spacial score (nSPS) is 15.4. The number of carboxylic acids is 1. The number of hydrogen-bond acceptors (Lipinski definition) is 2. The van der Waals surface area contributed by atoms with E-state index in [1.165, 1.54) is 12.1 Å². The number of hydrogen-bond donors (Lipinski definition) is 1. The van der Waals surface area contributed by atoms with Gasteiger partial charge in [-0.3, -0.25) is 9.69 Å². The van der Waals surface area contributed by atoms with Gasteiger partial charge in [0.05, 0.1) is 5.56 Å². The van der Waals surface area contributed by atoms with E-state index in [0.717, 1.165) is 30.5 Å². The SMILES string of the molecule is O=C(O)CCCN(Cc1ccc(C(F)(F)F)cc1)C1CC1. The Hall–Kier alpha value is -1.56. The van der Waals surface area contributed by atoms with Crippen molar-refractivity contribution in [2.75, 3.05) is 6.54 Å². The van der Waals surface area contributed by atoms with Gasteiger partial charge in [-0.15, -0.1) is 0 Å². The van der Waals surface area contributed by atoms with Crippen molar-refractivity contribution in [1.82, 2.24) is 4.90 Å². The number of alkyl halides is 3. The van der Waals surface area contributed by atoms with E-state index in [-0.39, 0.29) is 6.42 Å². The lowest BCUT2D eigenvalue weighted by atomic mass is 10.1. The summed E-state index contributed by atoms with van der Waals surface area (Å²) in [5, 5.41) is 8.65. The smallest absolute Gasteiger partial charge is 0.416 e. The molecule has 0 bridgehead atoms. The molecule has 3 nitrogen and oxygen atoms in total. The average molecular weight is 301 g/mol. The summed E-state index contributed by atoms with van der Waals surface area (Å²) >= 11 is 0. The molecule has 0 saturated heterocycles. The summed E-state index contributed by atoms with van der Waals surface area (Å²) < 4.78 is 37.5. The molecule has 0 aliphatic heterocycles. The van der Waals surface area contributed by atoms with Gasteiger partial charge in [-0.2, -0.15) is 13.2 Å². The highest BCUT2D eigenvalue weighted by molar-refractivity contribution is 5.66. The molecule has 0 spiro atoms. The number of nitrogens with zero attached hydrogens (tertiary/aromatic N) is 1. The quantitative estimate of drug-likeness (QED) is 0.837. The van der Waals surface area contributed by atoms with E-state index in [1.807, 2.05) is 0 Å². The van der Waals surface area contributed by atoms with Crippen molar-refractivity contribution in [1.29, 1.82) is 0 Å². The molecular formula is C15H18F3NO2. The minimum Gasteiger partial charge on any atom is -0.481 e. The third-order valence-corrected chi connectivity index (χ3v) is 3.57. The van der Waals surface area contributed by atoms with E-state index in [1.54, 1.807) is 0 Å². The molecule has 1 aromatic carbocycles. The number of carboxylic acid groups (broad SMARTS) is 1. The first-order chi connectivity index (χ1) is 9.86. The second kappa shape index (κ2) is 6.47. The lowest BCUT2D eigenvalue weighted by molar-refractivity contribution is -0.138. The summed E-state index contributed by atoms with van der Waals surface area (Å²) in [6, 6.07) is 5.63. The van der Waals surface area contributed by atoms with Crippen molar-refractivity contribution in [3.8, 4) is 0 Å². The van der Waals surface area contributed by atoms with Crippen LogP contribution < -0.4 is 0 Å². The second-order valence-corrected chi connectivity index (χ2v) is 5.39.